The van der Waals surface area contributed by atoms with Crippen LogP contribution in [0.15, 0.2) is 59.5 Å². The fraction of sp³-hybridized carbons (Fsp3) is 0.280. The number of aromatic nitrogens is 2. The van der Waals surface area contributed by atoms with E-state index in [1.807, 2.05) is 48.5 Å². The molecule has 0 amide bonds. The van der Waals surface area contributed by atoms with Gasteiger partial charge in [-0.15, -0.1) is 23.7 Å². The zero-order chi connectivity index (χ0) is 23.5. The standard InChI is InChI=1S/C25H24ClN3O4S.ClH/c1-31-22-16-19(6-7-21(22)33-15-12-28-10-13-32-14-11-28)29-9-8-20-23(25(29)30)34-24(27-20)17-2-4-18(26)5-3-17;/h2-9,16H,10-15H2,1H3;1H. The van der Waals surface area contributed by atoms with Gasteiger partial charge < -0.3 is 14.2 Å². The Balaban J connectivity index is 0.00000289. The molecule has 0 bridgehead atoms. The largest absolute Gasteiger partial charge is 0.493 e. The Kier molecular flexibility index (Phi) is 8.30. The third-order valence-corrected chi connectivity index (χ3v) is 7.09. The van der Waals surface area contributed by atoms with E-state index in [2.05, 4.69) is 9.88 Å². The molecule has 0 unspecified atom stereocenters. The van der Waals surface area contributed by atoms with Gasteiger partial charge in [0.15, 0.2) is 11.5 Å². The van der Waals surface area contributed by atoms with Gasteiger partial charge in [-0.2, -0.15) is 0 Å². The van der Waals surface area contributed by atoms with E-state index >= 15 is 0 Å². The molecule has 1 saturated heterocycles. The Bertz CT molecular complexity index is 1350. The molecule has 0 aliphatic carbocycles. The summed E-state index contributed by atoms with van der Waals surface area (Å²) in [6, 6.07) is 14.8. The predicted molar refractivity (Wildman–Crippen MR) is 142 cm³/mol. The fourth-order valence-electron chi connectivity index (χ4n) is 3.87. The summed E-state index contributed by atoms with van der Waals surface area (Å²) in [5.74, 6) is 1.23. The Morgan fingerprint density at radius 3 is 2.60 bits per heavy atom. The minimum absolute atomic E-state index is 0. The van der Waals surface area contributed by atoms with Crippen molar-refractivity contribution in [2.75, 3.05) is 46.6 Å². The van der Waals surface area contributed by atoms with Crippen molar-refractivity contribution in [2.24, 2.45) is 0 Å². The van der Waals surface area contributed by atoms with E-state index in [1.165, 1.54) is 11.3 Å². The van der Waals surface area contributed by atoms with Crippen molar-refractivity contribution in [1.29, 1.82) is 0 Å². The highest BCUT2D eigenvalue weighted by Crippen LogP contribution is 2.31. The van der Waals surface area contributed by atoms with Crippen LogP contribution in [0.2, 0.25) is 5.02 Å². The first-order valence-electron chi connectivity index (χ1n) is 11.0. The van der Waals surface area contributed by atoms with Gasteiger partial charge in [0.2, 0.25) is 0 Å². The first-order valence-corrected chi connectivity index (χ1v) is 12.2. The number of ether oxygens (including phenoxy) is 3. The van der Waals surface area contributed by atoms with E-state index in [0.29, 0.717) is 39.0 Å². The molecule has 0 radical (unpaired) electrons. The lowest BCUT2D eigenvalue weighted by atomic mass is 10.2. The Hall–Kier alpha value is -2.62. The maximum atomic E-state index is 13.3. The number of morpholine rings is 1. The molecule has 2 aromatic carbocycles. The summed E-state index contributed by atoms with van der Waals surface area (Å²) >= 11 is 7.37. The summed E-state index contributed by atoms with van der Waals surface area (Å²) in [5.41, 5.74) is 2.17. The maximum Gasteiger partial charge on any atom is 0.274 e. The fourth-order valence-corrected chi connectivity index (χ4v) is 5.00. The lowest BCUT2D eigenvalue weighted by molar-refractivity contribution is 0.0321. The second-order valence-electron chi connectivity index (χ2n) is 7.87. The smallest absolute Gasteiger partial charge is 0.274 e. The number of rotatable bonds is 7. The van der Waals surface area contributed by atoms with Crippen molar-refractivity contribution in [3.8, 4) is 27.8 Å². The van der Waals surface area contributed by atoms with Gasteiger partial charge in [0.05, 0.1) is 31.5 Å². The number of hydrogen-bond acceptors (Lipinski definition) is 7. The number of fused-ring (bicyclic) bond motifs is 1. The number of nitrogens with zero attached hydrogens (tertiary/aromatic N) is 3. The third-order valence-electron chi connectivity index (χ3n) is 5.73. The van der Waals surface area contributed by atoms with Crippen molar-refractivity contribution < 1.29 is 14.2 Å². The quantitative estimate of drug-likeness (QED) is 0.336. The molecule has 1 aliphatic rings. The second-order valence-corrected chi connectivity index (χ2v) is 9.30. The first-order chi connectivity index (χ1) is 16.6. The van der Waals surface area contributed by atoms with Gasteiger partial charge in [-0.25, -0.2) is 4.98 Å². The number of halogens is 2. The Morgan fingerprint density at radius 2 is 1.86 bits per heavy atom. The van der Waals surface area contributed by atoms with E-state index < -0.39 is 0 Å². The van der Waals surface area contributed by atoms with Crippen molar-refractivity contribution in [3.63, 3.8) is 0 Å². The molecular weight excluding hydrogens is 509 g/mol. The highest BCUT2D eigenvalue weighted by atomic mass is 35.5. The van der Waals surface area contributed by atoms with Gasteiger partial charge in [-0.1, -0.05) is 23.7 Å². The molecule has 10 heteroatoms. The van der Waals surface area contributed by atoms with Crippen LogP contribution in [0.1, 0.15) is 0 Å². The van der Waals surface area contributed by atoms with Crippen LogP contribution in [0, 0.1) is 0 Å². The minimum Gasteiger partial charge on any atom is -0.493 e. The summed E-state index contributed by atoms with van der Waals surface area (Å²) in [4.78, 5) is 20.2. The third kappa shape index (κ3) is 5.63. The molecule has 0 saturated carbocycles. The molecule has 4 aromatic rings. The van der Waals surface area contributed by atoms with Gasteiger partial charge in [-0.3, -0.25) is 14.3 Å². The lowest BCUT2D eigenvalue weighted by Crippen LogP contribution is -2.38. The highest BCUT2D eigenvalue weighted by Gasteiger charge is 2.15. The van der Waals surface area contributed by atoms with E-state index in [0.717, 1.165) is 43.4 Å². The van der Waals surface area contributed by atoms with Crippen LogP contribution in [-0.4, -0.2) is 61.0 Å². The summed E-state index contributed by atoms with van der Waals surface area (Å²) in [5, 5.41) is 1.44. The zero-order valence-corrected chi connectivity index (χ0v) is 21.5. The van der Waals surface area contributed by atoms with Crippen LogP contribution < -0.4 is 15.0 Å². The van der Waals surface area contributed by atoms with E-state index in [1.54, 1.807) is 17.9 Å². The van der Waals surface area contributed by atoms with Crippen molar-refractivity contribution in [2.45, 2.75) is 0 Å². The maximum absolute atomic E-state index is 13.3. The van der Waals surface area contributed by atoms with Crippen LogP contribution in [0.4, 0.5) is 0 Å². The van der Waals surface area contributed by atoms with Crippen molar-refractivity contribution in [3.05, 3.63) is 70.1 Å². The number of methoxy groups -OCH3 is 1. The van der Waals surface area contributed by atoms with Gasteiger partial charge in [0.1, 0.15) is 16.3 Å². The summed E-state index contributed by atoms with van der Waals surface area (Å²) in [6.07, 6.45) is 1.74. The first kappa shape index (κ1) is 25.5. The molecule has 184 valence electrons. The van der Waals surface area contributed by atoms with Crippen LogP contribution in [0.5, 0.6) is 11.5 Å². The van der Waals surface area contributed by atoms with E-state index in [4.69, 9.17) is 25.8 Å². The molecule has 35 heavy (non-hydrogen) atoms. The zero-order valence-electron chi connectivity index (χ0n) is 19.1. The van der Waals surface area contributed by atoms with Crippen LogP contribution in [0.3, 0.4) is 0 Å². The molecule has 5 rings (SSSR count). The van der Waals surface area contributed by atoms with Crippen LogP contribution >= 0.6 is 35.3 Å². The minimum atomic E-state index is -0.127. The van der Waals surface area contributed by atoms with Crippen LogP contribution in [0.25, 0.3) is 26.5 Å². The number of hydrogen-bond donors (Lipinski definition) is 0. The Morgan fingerprint density at radius 1 is 1.09 bits per heavy atom. The van der Waals surface area contributed by atoms with Gasteiger partial charge in [0, 0.05) is 42.5 Å². The predicted octanol–water partition coefficient (Wildman–Crippen LogP) is 4.91. The summed E-state index contributed by atoms with van der Waals surface area (Å²) in [7, 11) is 1.60. The lowest BCUT2D eigenvalue weighted by Gasteiger charge is -2.26. The van der Waals surface area contributed by atoms with Crippen LogP contribution in [-0.2, 0) is 4.74 Å². The van der Waals surface area contributed by atoms with Gasteiger partial charge in [0.25, 0.3) is 5.56 Å². The van der Waals surface area contributed by atoms with E-state index in [-0.39, 0.29) is 18.0 Å². The molecule has 0 spiro atoms. The number of thiazole rings is 1. The molecule has 7 nitrogen and oxygen atoms in total. The number of benzene rings is 2. The average molecular weight is 534 g/mol. The van der Waals surface area contributed by atoms with Gasteiger partial charge >= 0.3 is 0 Å². The molecule has 0 atom stereocenters. The van der Waals surface area contributed by atoms with E-state index in [9.17, 15) is 4.79 Å². The molecular formula is C25H25Cl2N3O4S. The summed E-state index contributed by atoms with van der Waals surface area (Å²) in [6.45, 7) is 4.74. The highest BCUT2D eigenvalue weighted by molar-refractivity contribution is 7.21. The van der Waals surface area contributed by atoms with Crippen molar-refractivity contribution >= 4 is 45.6 Å². The van der Waals surface area contributed by atoms with Crippen molar-refractivity contribution in [1.82, 2.24) is 14.5 Å². The average Bonchev–Trinajstić information content (AvgIpc) is 3.31. The Labute approximate surface area is 218 Å². The topological polar surface area (TPSA) is 65.8 Å². The SMILES string of the molecule is COc1cc(-n2ccc3nc(-c4ccc(Cl)cc4)sc3c2=O)ccc1OCCN1CCOCC1.Cl. The van der Waals surface area contributed by atoms with Gasteiger partial charge in [-0.05, 0) is 30.3 Å². The number of pyridine rings is 1. The molecule has 2 aromatic heterocycles. The normalized spacial score (nSPS) is 14.0. The molecule has 0 N–H and O–H groups in total. The summed E-state index contributed by atoms with van der Waals surface area (Å²) < 4.78 is 19.1. The monoisotopic (exact) mass is 533 g/mol. The molecule has 1 aliphatic heterocycles. The molecule has 3 heterocycles. The molecule has 1 fully saturated rings. The second kappa shape index (κ2) is 11.4.